The lowest BCUT2D eigenvalue weighted by molar-refractivity contribution is 0.259. The summed E-state index contributed by atoms with van der Waals surface area (Å²) >= 11 is 12.0. The number of hydrogen-bond acceptors (Lipinski definition) is 4. The van der Waals surface area contributed by atoms with E-state index in [1.165, 1.54) is 18.2 Å². The summed E-state index contributed by atoms with van der Waals surface area (Å²) < 4.78 is 5.67. The number of urea groups is 1. The molecule has 0 fully saturated rings. The van der Waals surface area contributed by atoms with Gasteiger partial charge in [-0.2, -0.15) is 0 Å². The molecule has 1 aliphatic carbocycles. The van der Waals surface area contributed by atoms with Crippen LogP contribution in [-0.2, 0) is 0 Å². The number of para-hydroxylation sites is 1. The van der Waals surface area contributed by atoms with E-state index in [0.717, 1.165) is 17.9 Å². The highest BCUT2D eigenvalue weighted by molar-refractivity contribution is 6.41. The zero-order valence-electron chi connectivity index (χ0n) is 16.8. The number of carbonyl (C=O) groups excluding carboxylic acids is 1. The maximum absolute atomic E-state index is 10.9. The van der Waals surface area contributed by atoms with Crippen molar-refractivity contribution in [2.24, 2.45) is 10.9 Å². The van der Waals surface area contributed by atoms with Crippen molar-refractivity contribution in [3.63, 3.8) is 0 Å². The number of fused-ring (bicyclic) bond motifs is 1. The molecule has 32 heavy (non-hydrogen) atoms. The molecule has 0 atom stereocenters. The van der Waals surface area contributed by atoms with Crippen molar-refractivity contribution in [1.29, 1.82) is 0 Å². The molecule has 0 bridgehead atoms. The van der Waals surface area contributed by atoms with E-state index in [-0.39, 0.29) is 10.7 Å². The van der Waals surface area contributed by atoms with Crippen molar-refractivity contribution in [2.75, 3.05) is 5.32 Å². The molecule has 0 aliphatic heterocycles. The maximum Gasteiger partial charge on any atom is 0.316 e. The van der Waals surface area contributed by atoms with Crippen molar-refractivity contribution in [1.82, 2.24) is 0 Å². The number of anilines is 1. The molecule has 162 valence electrons. The molecule has 4 rings (SSSR count). The summed E-state index contributed by atoms with van der Waals surface area (Å²) in [5, 5.41) is 6.99. The average Bonchev–Trinajstić information content (AvgIpc) is 3.06. The van der Waals surface area contributed by atoms with E-state index in [9.17, 15) is 9.70 Å². The number of nitrogens with one attached hydrogen (secondary N) is 1. The molecule has 2 amide bonds. The second-order valence-electron chi connectivity index (χ2n) is 6.57. The fraction of sp³-hybridized carbons (Fsp3) is 0.0417. The van der Waals surface area contributed by atoms with Gasteiger partial charge in [-0.25, -0.2) is 4.79 Å². The van der Waals surface area contributed by atoms with E-state index in [4.69, 9.17) is 33.7 Å². The van der Waals surface area contributed by atoms with E-state index in [1.807, 2.05) is 48.6 Å². The second kappa shape index (κ2) is 11.1. The molecule has 0 aromatic heterocycles. The maximum atomic E-state index is 10.9. The Morgan fingerprint density at radius 2 is 1.78 bits per heavy atom. The molecule has 3 aromatic carbocycles. The van der Waals surface area contributed by atoms with Crippen LogP contribution >= 0.6 is 23.2 Å². The lowest BCUT2D eigenvalue weighted by Gasteiger charge is -2.10. The van der Waals surface area contributed by atoms with Crippen molar-refractivity contribution < 1.29 is 9.53 Å². The van der Waals surface area contributed by atoms with Crippen LogP contribution in [-0.4, -0.2) is 6.03 Å². The first-order chi connectivity index (χ1) is 15.5. The summed E-state index contributed by atoms with van der Waals surface area (Å²) in [6.45, 7) is 0. The van der Waals surface area contributed by atoms with Crippen LogP contribution in [0.5, 0.6) is 5.75 Å². The normalized spacial score (nSPS) is 12.2. The van der Waals surface area contributed by atoms with Crippen LogP contribution in [0, 0.1) is 4.91 Å². The molecule has 0 unspecified atom stereocenters. The molecule has 8 heteroatoms. The molecule has 3 aromatic rings. The van der Waals surface area contributed by atoms with E-state index in [0.29, 0.717) is 21.5 Å². The summed E-state index contributed by atoms with van der Waals surface area (Å²) in [5.74, 6) is 1.78. The molecule has 1 aliphatic rings. The third-order valence-electron chi connectivity index (χ3n) is 4.32. The SMILES string of the molecule is C1=CCC=C(Oc2ccccc2)C=C1.NC(=O)Nc1c(Cl)cc(Cl)c2ccc(N=O)cc12. The third-order valence-corrected chi connectivity index (χ3v) is 4.93. The van der Waals surface area contributed by atoms with Crippen LogP contribution in [0.4, 0.5) is 16.2 Å². The lowest BCUT2D eigenvalue weighted by atomic mass is 10.1. The summed E-state index contributed by atoms with van der Waals surface area (Å²) in [6, 6.07) is 15.2. The number of carbonyl (C=O) groups is 1. The van der Waals surface area contributed by atoms with Gasteiger partial charge in [-0.15, -0.1) is 4.91 Å². The van der Waals surface area contributed by atoms with Crippen LogP contribution < -0.4 is 15.8 Å². The monoisotopic (exact) mass is 467 g/mol. The van der Waals surface area contributed by atoms with Crippen LogP contribution in [0.3, 0.4) is 0 Å². The first-order valence-corrected chi connectivity index (χ1v) is 10.3. The van der Waals surface area contributed by atoms with Gasteiger partial charge in [0.15, 0.2) is 0 Å². The topological polar surface area (TPSA) is 93.8 Å². The van der Waals surface area contributed by atoms with Crippen molar-refractivity contribution in [3.8, 4) is 5.75 Å². The predicted octanol–water partition coefficient (Wildman–Crippen LogP) is 7.50. The number of nitroso groups, excluding NO2 is 1. The Morgan fingerprint density at radius 1 is 1.00 bits per heavy atom. The van der Waals surface area contributed by atoms with Crippen molar-refractivity contribution >= 4 is 51.4 Å². The Morgan fingerprint density at radius 3 is 2.50 bits per heavy atom. The van der Waals surface area contributed by atoms with Gasteiger partial charge in [0.2, 0.25) is 0 Å². The Bertz CT molecular complexity index is 1220. The van der Waals surface area contributed by atoms with Crippen LogP contribution in [0.1, 0.15) is 6.42 Å². The summed E-state index contributed by atoms with van der Waals surface area (Å²) in [5.41, 5.74) is 5.57. The van der Waals surface area contributed by atoms with Gasteiger partial charge in [-0.1, -0.05) is 65.7 Å². The molecule has 0 radical (unpaired) electrons. The second-order valence-corrected chi connectivity index (χ2v) is 7.38. The van der Waals surface area contributed by atoms with Gasteiger partial charge in [0.1, 0.15) is 17.2 Å². The number of hydrogen-bond donors (Lipinski definition) is 2. The van der Waals surface area contributed by atoms with Crippen LogP contribution in [0.25, 0.3) is 10.8 Å². The first kappa shape index (κ1) is 23.1. The number of primary amides is 1. The first-order valence-electron chi connectivity index (χ1n) is 9.56. The lowest BCUT2D eigenvalue weighted by Crippen LogP contribution is -2.19. The minimum atomic E-state index is -0.759. The number of nitrogens with two attached hydrogens (primary N) is 1. The summed E-state index contributed by atoms with van der Waals surface area (Å²) in [7, 11) is 0. The number of ether oxygens (including phenoxy) is 1. The van der Waals surface area contributed by atoms with E-state index >= 15 is 0 Å². The molecule has 0 heterocycles. The summed E-state index contributed by atoms with van der Waals surface area (Å²) in [4.78, 5) is 21.5. The molecule has 6 nitrogen and oxygen atoms in total. The number of halogens is 2. The minimum absolute atomic E-state index is 0.202. The molecular formula is C24H19Cl2N3O3. The van der Waals surface area contributed by atoms with Gasteiger partial charge in [0, 0.05) is 10.8 Å². The zero-order valence-corrected chi connectivity index (χ0v) is 18.3. The molecule has 0 spiro atoms. The molecule has 0 saturated carbocycles. The third kappa shape index (κ3) is 6.20. The van der Waals surface area contributed by atoms with Crippen LogP contribution in [0.2, 0.25) is 10.0 Å². The van der Waals surface area contributed by atoms with Gasteiger partial charge >= 0.3 is 6.03 Å². The molecule has 0 saturated heterocycles. The fourth-order valence-corrected chi connectivity index (χ4v) is 3.49. The highest BCUT2D eigenvalue weighted by atomic mass is 35.5. The Balaban J connectivity index is 0.000000186. The Kier molecular flexibility index (Phi) is 8.02. The zero-order chi connectivity index (χ0) is 22.9. The fourth-order valence-electron chi connectivity index (χ4n) is 2.90. The Labute approximate surface area is 194 Å². The van der Waals surface area contributed by atoms with E-state index in [2.05, 4.69) is 22.6 Å². The number of rotatable bonds is 4. The number of amides is 2. The average molecular weight is 468 g/mol. The smallest absolute Gasteiger partial charge is 0.316 e. The van der Waals surface area contributed by atoms with E-state index in [1.54, 1.807) is 6.07 Å². The molecule has 3 N–H and O–H groups in total. The highest BCUT2D eigenvalue weighted by Gasteiger charge is 2.12. The van der Waals surface area contributed by atoms with E-state index < -0.39 is 6.03 Å². The molecular weight excluding hydrogens is 449 g/mol. The number of benzene rings is 3. The number of nitrogens with zero attached hydrogens (tertiary/aromatic N) is 1. The van der Waals surface area contributed by atoms with Crippen molar-refractivity contribution in [3.05, 3.63) is 106 Å². The summed E-state index contributed by atoms with van der Waals surface area (Å²) in [6.07, 6.45) is 11.1. The number of allylic oxidation sites excluding steroid dienone is 5. The highest BCUT2D eigenvalue weighted by Crippen LogP contribution is 2.38. The van der Waals surface area contributed by atoms with Gasteiger partial charge in [0.25, 0.3) is 0 Å². The van der Waals surface area contributed by atoms with Crippen molar-refractivity contribution in [2.45, 2.75) is 6.42 Å². The van der Waals surface area contributed by atoms with Gasteiger partial charge in [-0.05, 0) is 54.1 Å². The van der Waals surface area contributed by atoms with Crippen LogP contribution in [0.15, 0.2) is 95.9 Å². The largest absolute Gasteiger partial charge is 0.458 e. The van der Waals surface area contributed by atoms with Gasteiger partial charge in [-0.3, -0.25) is 0 Å². The van der Waals surface area contributed by atoms with Gasteiger partial charge < -0.3 is 15.8 Å². The predicted molar refractivity (Wildman–Crippen MR) is 131 cm³/mol. The Hall–Kier alpha value is -3.61. The quantitative estimate of drug-likeness (QED) is 0.388. The van der Waals surface area contributed by atoms with Gasteiger partial charge in [0.05, 0.1) is 15.7 Å². The minimum Gasteiger partial charge on any atom is -0.458 e. The standard InChI is InChI=1S/C13H12O.C11H7Cl2N3O2/c1-2-5-9-12(8-4-1)14-13-10-6-3-7-11-13;12-8-4-9(13)10(15-11(14)17)7-3-5(16-18)1-2-6(7)8/h1-4,6-11H,5H2;1-4H,(H3,14,15,17).